The number of halogens is 2. The predicted molar refractivity (Wildman–Crippen MR) is 94.4 cm³/mol. The minimum Gasteiger partial charge on any atom is -0.372 e. The van der Waals surface area contributed by atoms with Crippen LogP contribution in [0.2, 0.25) is 5.02 Å². The van der Waals surface area contributed by atoms with Gasteiger partial charge in [0.15, 0.2) is 0 Å². The van der Waals surface area contributed by atoms with E-state index in [9.17, 15) is 12.8 Å². The Kier molecular flexibility index (Phi) is 5.74. The zero-order valence-electron chi connectivity index (χ0n) is 13.6. The molecule has 1 aliphatic rings. The highest BCUT2D eigenvalue weighted by Gasteiger charge is 2.30. The highest BCUT2D eigenvalue weighted by Crippen LogP contribution is 2.23. The summed E-state index contributed by atoms with van der Waals surface area (Å²) >= 11 is 5.96. The van der Waals surface area contributed by atoms with E-state index in [0.29, 0.717) is 24.7 Å². The molecule has 0 bridgehead atoms. The number of hydrogen-bond acceptors (Lipinski definition) is 3. The lowest BCUT2D eigenvalue weighted by Crippen LogP contribution is -2.43. The van der Waals surface area contributed by atoms with Gasteiger partial charge in [0, 0.05) is 18.1 Å². The molecule has 1 fully saturated rings. The molecular formula is C18H19ClFNO3S. The molecule has 0 radical (unpaired) electrons. The molecule has 0 amide bonds. The van der Waals surface area contributed by atoms with Gasteiger partial charge in [-0.05, 0) is 54.8 Å². The van der Waals surface area contributed by atoms with E-state index in [1.165, 1.54) is 16.4 Å². The maximum Gasteiger partial charge on any atom is 0.243 e. The number of nitrogens with zero attached hydrogens (tertiary/aromatic N) is 1. The normalized spacial score (nSPS) is 19.0. The molecular weight excluding hydrogens is 365 g/mol. The largest absolute Gasteiger partial charge is 0.372 e. The summed E-state index contributed by atoms with van der Waals surface area (Å²) in [4.78, 5) is 0.101. The SMILES string of the molecule is O=S(=O)(c1ccc(F)cc1)N1CCC[C@@H](OCc2cccc(Cl)c2)C1. The third-order valence-electron chi connectivity index (χ3n) is 4.17. The first kappa shape index (κ1) is 18.3. The molecule has 134 valence electrons. The van der Waals surface area contributed by atoms with Crippen LogP contribution in [0.15, 0.2) is 53.4 Å². The summed E-state index contributed by atoms with van der Waals surface area (Å²) in [5.74, 6) is -0.458. The summed E-state index contributed by atoms with van der Waals surface area (Å²) in [6.07, 6.45) is 1.35. The van der Waals surface area contributed by atoms with Crippen LogP contribution < -0.4 is 0 Å². The Hall–Kier alpha value is -1.47. The Morgan fingerprint density at radius 1 is 1.20 bits per heavy atom. The first-order valence-electron chi connectivity index (χ1n) is 8.07. The second-order valence-corrected chi connectivity index (χ2v) is 8.40. The third-order valence-corrected chi connectivity index (χ3v) is 6.28. The molecule has 0 aliphatic carbocycles. The topological polar surface area (TPSA) is 46.6 Å². The fraction of sp³-hybridized carbons (Fsp3) is 0.333. The number of piperidine rings is 1. The Bertz CT molecular complexity index is 826. The molecule has 1 aliphatic heterocycles. The summed E-state index contributed by atoms with van der Waals surface area (Å²) in [5, 5.41) is 0.644. The lowest BCUT2D eigenvalue weighted by molar-refractivity contribution is 0.00811. The van der Waals surface area contributed by atoms with Crippen LogP contribution in [0.25, 0.3) is 0 Å². The molecule has 0 unspecified atom stereocenters. The second-order valence-electron chi connectivity index (χ2n) is 6.02. The number of sulfonamides is 1. The monoisotopic (exact) mass is 383 g/mol. The molecule has 1 saturated heterocycles. The van der Waals surface area contributed by atoms with E-state index in [-0.39, 0.29) is 11.0 Å². The fourth-order valence-electron chi connectivity index (χ4n) is 2.86. The average Bonchev–Trinajstić information content (AvgIpc) is 2.61. The van der Waals surface area contributed by atoms with Gasteiger partial charge in [-0.25, -0.2) is 12.8 Å². The van der Waals surface area contributed by atoms with Crippen LogP contribution in [0, 0.1) is 5.82 Å². The van der Waals surface area contributed by atoms with E-state index >= 15 is 0 Å². The van der Waals surface area contributed by atoms with E-state index in [1.54, 1.807) is 6.07 Å². The van der Waals surface area contributed by atoms with E-state index < -0.39 is 15.8 Å². The van der Waals surface area contributed by atoms with Gasteiger partial charge < -0.3 is 4.74 Å². The fourth-order valence-corrected chi connectivity index (χ4v) is 4.58. The van der Waals surface area contributed by atoms with Gasteiger partial charge in [-0.1, -0.05) is 23.7 Å². The van der Waals surface area contributed by atoms with Crippen LogP contribution in [0.5, 0.6) is 0 Å². The summed E-state index contributed by atoms with van der Waals surface area (Å²) in [7, 11) is -3.64. The molecule has 0 saturated carbocycles. The molecule has 3 rings (SSSR count). The second kappa shape index (κ2) is 7.83. The maximum atomic E-state index is 13.0. The van der Waals surface area contributed by atoms with Gasteiger partial charge in [-0.2, -0.15) is 4.31 Å². The summed E-state index contributed by atoms with van der Waals surface area (Å²) < 4.78 is 45.7. The minimum atomic E-state index is -3.64. The van der Waals surface area contributed by atoms with Crippen molar-refractivity contribution >= 4 is 21.6 Å². The van der Waals surface area contributed by atoms with Crippen molar-refractivity contribution in [2.24, 2.45) is 0 Å². The lowest BCUT2D eigenvalue weighted by Gasteiger charge is -2.32. The van der Waals surface area contributed by atoms with Gasteiger partial charge in [0.2, 0.25) is 10.0 Å². The Morgan fingerprint density at radius 2 is 1.96 bits per heavy atom. The summed E-state index contributed by atoms with van der Waals surface area (Å²) in [5.41, 5.74) is 0.950. The lowest BCUT2D eigenvalue weighted by atomic mass is 10.1. The zero-order valence-corrected chi connectivity index (χ0v) is 15.1. The number of benzene rings is 2. The van der Waals surface area contributed by atoms with Crippen LogP contribution in [-0.2, 0) is 21.4 Å². The number of ether oxygens (including phenoxy) is 1. The van der Waals surface area contributed by atoms with Gasteiger partial charge in [0.05, 0.1) is 17.6 Å². The highest BCUT2D eigenvalue weighted by molar-refractivity contribution is 7.89. The van der Waals surface area contributed by atoms with E-state index in [4.69, 9.17) is 16.3 Å². The third kappa shape index (κ3) is 4.58. The van der Waals surface area contributed by atoms with Crippen molar-refractivity contribution in [2.75, 3.05) is 13.1 Å². The molecule has 1 heterocycles. The van der Waals surface area contributed by atoms with Crippen LogP contribution in [0.1, 0.15) is 18.4 Å². The van der Waals surface area contributed by atoms with E-state index in [1.807, 2.05) is 18.2 Å². The van der Waals surface area contributed by atoms with Crippen LogP contribution >= 0.6 is 11.6 Å². The van der Waals surface area contributed by atoms with Gasteiger partial charge in [-0.15, -0.1) is 0 Å². The Labute approximate surface area is 152 Å². The molecule has 0 spiro atoms. The molecule has 4 nitrogen and oxygen atoms in total. The molecule has 2 aromatic rings. The van der Waals surface area contributed by atoms with Gasteiger partial charge in [0.25, 0.3) is 0 Å². The molecule has 1 atom stereocenters. The summed E-state index contributed by atoms with van der Waals surface area (Å²) in [6, 6.07) is 12.3. The molecule has 25 heavy (non-hydrogen) atoms. The van der Waals surface area contributed by atoms with Crippen LogP contribution in [0.3, 0.4) is 0 Å². The van der Waals surface area contributed by atoms with E-state index in [0.717, 1.165) is 30.5 Å². The zero-order chi connectivity index (χ0) is 17.9. The Morgan fingerprint density at radius 3 is 2.68 bits per heavy atom. The quantitative estimate of drug-likeness (QED) is 0.787. The van der Waals surface area contributed by atoms with Crippen LogP contribution in [-0.4, -0.2) is 31.9 Å². The van der Waals surface area contributed by atoms with E-state index in [2.05, 4.69) is 0 Å². The molecule has 2 aromatic carbocycles. The van der Waals surface area contributed by atoms with Gasteiger partial charge in [-0.3, -0.25) is 0 Å². The smallest absolute Gasteiger partial charge is 0.243 e. The standard InChI is InChI=1S/C18H19ClFNO3S/c19-15-4-1-3-14(11-15)13-24-17-5-2-10-21(12-17)25(22,23)18-8-6-16(20)7-9-18/h1,3-4,6-9,11,17H,2,5,10,12-13H2/t17-/m1/s1. The number of hydrogen-bond donors (Lipinski definition) is 0. The first-order valence-corrected chi connectivity index (χ1v) is 9.89. The predicted octanol–water partition coefficient (Wildman–Crippen LogP) is 3.85. The van der Waals surface area contributed by atoms with Crippen molar-refractivity contribution in [3.05, 3.63) is 64.9 Å². The van der Waals surface area contributed by atoms with Gasteiger partial charge in [0.1, 0.15) is 5.82 Å². The van der Waals surface area contributed by atoms with Gasteiger partial charge >= 0.3 is 0 Å². The molecule has 0 N–H and O–H groups in total. The maximum absolute atomic E-state index is 13.0. The van der Waals surface area contributed by atoms with Crippen molar-refractivity contribution in [3.63, 3.8) is 0 Å². The van der Waals surface area contributed by atoms with Crippen molar-refractivity contribution < 1.29 is 17.5 Å². The van der Waals surface area contributed by atoms with Crippen molar-refractivity contribution in [1.82, 2.24) is 4.31 Å². The Balaban J connectivity index is 1.65. The number of rotatable bonds is 5. The van der Waals surface area contributed by atoms with Crippen LogP contribution in [0.4, 0.5) is 4.39 Å². The summed E-state index contributed by atoms with van der Waals surface area (Å²) in [6.45, 7) is 1.12. The molecule has 0 aromatic heterocycles. The minimum absolute atomic E-state index is 0.101. The first-order chi connectivity index (χ1) is 11.9. The average molecular weight is 384 g/mol. The van der Waals surface area contributed by atoms with Crippen molar-refractivity contribution in [2.45, 2.75) is 30.4 Å². The van der Waals surface area contributed by atoms with Crippen molar-refractivity contribution in [3.8, 4) is 0 Å². The molecule has 7 heteroatoms. The van der Waals surface area contributed by atoms with Crippen molar-refractivity contribution in [1.29, 1.82) is 0 Å². The highest BCUT2D eigenvalue weighted by atomic mass is 35.5.